The molecule has 14 heteroatoms. The summed E-state index contributed by atoms with van der Waals surface area (Å²) in [7, 11) is 5.09. The van der Waals surface area contributed by atoms with Crippen molar-refractivity contribution >= 4 is 43.6 Å². The van der Waals surface area contributed by atoms with Crippen molar-refractivity contribution in [3.8, 4) is 0 Å². The van der Waals surface area contributed by atoms with Gasteiger partial charge in [-0.1, -0.05) is 10.7 Å². The summed E-state index contributed by atoms with van der Waals surface area (Å²) < 4.78 is 64.1. The SMILES string of the molecule is C[C@@H]1CN(c2nc(=O)n3c4c(cc(C(F)(F)F)cc24)[SH](Cl)C[C@@H](c2ccncc2F)C3)C[C@H](C)N1C(=O)OC(C)(C)C. The molecule has 1 amide bonds. The molecule has 0 N–H and O–H groups in total. The van der Waals surface area contributed by atoms with Crippen LogP contribution in [0.1, 0.15) is 51.7 Å². The highest BCUT2D eigenvalue weighted by Crippen LogP contribution is 2.52. The van der Waals surface area contributed by atoms with Crippen LogP contribution < -0.4 is 10.6 Å². The molecule has 0 aliphatic carbocycles. The fourth-order valence-electron chi connectivity index (χ4n) is 5.79. The molecule has 2 aromatic heterocycles. The summed E-state index contributed by atoms with van der Waals surface area (Å²) in [5.41, 5.74) is -1.73. The molecule has 5 rings (SSSR count). The van der Waals surface area contributed by atoms with E-state index in [2.05, 4.69) is 9.97 Å². The van der Waals surface area contributed by atoms with E-state index in [0.29, 0.717) is 0 Å². The van der Waals surface area contributed by atoms with Crippen molar-refractivity contribution in [3.63, 3.8) is 0 Å². The number of carbonyl (C=O) groups excluding carboxylic acids is 1. The van der Waals surface area contributed by atoms with Crippen LogP contribution in [0.2, 0.25) is 0 Å². The Balaban J connectivity index is 1.64. The van der Waals surface area contributed by atoms with Crippen LogP contribution in [0.15, 0.2) is 40.3 Å². The van der Waals surface area contributed by atoms with Gasteiger partial charge in [0.2, 0.25) is 0 Å². The standard InChI is InChI=1S/C28H32ClF4N5O3S/c1-15-11-36(12-16(2)38(15)26(40)41-27(3,4)5)24-20-8-18(28(31,32)33)9-22-23(20)37(25(39)35-24)13-17(14-42(22)29)19-6-7-34-10-21(19)30/h6-10,15-17,42H,11-14H2,1-5H3/t15-,16+,17-/m0/s1. The lowest BCUT2D eigenvalue weighted by atomic mass is 10.0. The maximum absolute atomic E-state index is 14.7. The number of hydrogen-bond acceptors (Lipinski definition) is 6. The van der Waals surface area contributed by atoms with Gasteiger partial charge in [-0.25, -0.2) is 14.0 Å². The fraction of sp³-hybridized carbons (Fsp3) is 0.500. The second kappa shape index (κ2) is 10.9. The fourth-order valence-corrected chi connectivity index (χ4v) is 8.33. The predicted octanol–water partition coefficient (Wildman–Crippen LogP) is 6.09. The molecular weight excluding hydrogens is 598 g/mol. The van der Waals surface area contributed by atoms with Gasteiger partial charge < -0.3 is 9.64 Å². The second-order valence-corrected chi connectivity index (χ2v) is 14.6. The number of hydrogen-bond donors (Lipinski definition) is 1. The average molecular weight is 630 g/mol. The van der Waals surface area contributed by atoms with Gasteiger partial charge in [0.15, 0.2) is 0 Å². The maximum atomic E-state index is 14.7. The summed E-state index contributed by atoms with van der Waals surface area (Å²) in [4.78, 5) is 38.1. The van der Waals surface area contributed by atoms with Crippen molar-refractivity contribution in [3.05, 3.63) is 58.0 Å². The van der Waals surface area contributed by atoms with Gasteiger partial charge in [-0.2, -0.15) is 18.2 Å². The molecule has 1 saturated heterocycles. The van der Waals surface area contributed by atoms with Crippen molar-refractivity contribution in [2.45, 2.75) is 75.8 Å². The Bertz CT molecular complexity index is 1580. The summed E-state index contributed by atoms with van der Waals surface area (Å²) in [6.45, 7) is 9.33. The van der Waals surface area contributed by atoms with Crippen LogP contribution in [0.25, 0.3) is 10.9 Å². The number of benzene rings is 1. The zero-order chi connectivity index (χ0) is 30.7. The zero-order valence-corrected chi connectivity index (χ0v) is 25.4. The third kappa shape index (κ3) is 5.77. The number of amides is 1. The summed E-state index contributed by atoms with van der Waals surface area (Å²) in [5.74, 6) is -0.906. The molecule has 3 aromatic rings. The molecule has 0 saturated carbocycles. The first kappa shape index (κ1) is 30.4. The van der Waals surface area contributed by atoms with E-state index in [1.807, 2.05) is 13.8 Å². The lowest BCUT2D eigenvalue weighted by Gasteiger charge is -2.45. The van der Waals surface area contributed by atoms with E-state index in [1.54, 1.807) is 30.6 Å². The van der Waals surface area contributed by atoms with Crippen molar-refractivity contribution < 1.29 is 27.1 Å². The van der Waals surface area contributed by atoms with E-state index >= 15 is 0 Å². The third-order valence-corrected chi connectivity index (χ3v) is 10.1. The smallest absolute Gasteiger partial charge is 0.416 e. The molecule has 228 valence electrons. The van der Waals surface area contributed by atoms with Crippen LogP contribution in [0.4, 0.5) is 28.2 Å². The van der Waals surface area contributed by atoms with Gasteiger partial charge in [0.1, 0.15) is 17.2 Å². The Kier molecular flexibility index (Phi) is 7.88. The number of anilines is 1. The lowest BCUT2D eigenvalue weighted by Crippen LogP contribution is -2.59. The molecule has 1 unspecified atom stereocenters. The van der Waals surface area contributed by atoms with Crippen molar-refractivity contribution in [2.75, 3.05) is 23.7 Å². The number of nitrogens with zero attached hydrogens (tertiary/aromatic N) is 5. The molecular formula is C28H32ClF4N5O3S. The normalized spacial score (nSPS) is 24.0. The average Bonchev–Trinajstić information content (AvgIpc) is 3.01. The van der Waals surface area contributed by atoms with E-state index in [4.69, 9.17) is 15.4 Å². The zero-order valence-electron chi connectivity index (χ0n) is 23.7. The minimum Gasteiger partial charge on any atom is -0.444 e. The highest BCUT2D eigenvalue weighted by atomic mass is 35.7. The molecule has 8 nitrogen and oxygen atoms in total. The van der Waals surface area contributed by atoms with E-state index in [-0.39, 0.29) is 52.6 Å². The first-order chi connectivity index (χ1) is 19.5. The van der Waals surface area contributed by atoms with Crippen molar-refractivity contribution in [1.82, 2.24) is 19.4 Å². The van der Waals surface area contributed by atoms with Crippen LogP contribution in [0, 0.1) is 5.82 Å². The van der Waals surface area contributed by atoms with Crippen LogP contribution >= 0.6 is 20.8 Å². The molecule has 2 aliphatic rings. The number of pyridine rings is 1. The van der Waals surface area contributed by atoms with E-state index < -0.39 is 63.1 Å². The Morgan fingerprint density at radius 3 is 2.38 bits per heavy atom. The highest BCUT2D eigenvalue weighted by molar-refractivity contribution is 8.36. The molecule has 0 spiro atoms. The molecule has 1 fully saturated rings. The Morgan fingerprint density at radius 1 is 1.12 bits per heavy atom. The Labute approximate surface area is 247 Å². The lowest BCUT2D eigenvalue weighted by molar-refractivity contribution is -0.137. The quantitative estimate of drug-likeness (QED) is 0.273. The minimum atomic E-state index is -4.69. The minimum absolute atomic E-state index is 0.00725. The van der Waals surface area contributed by atoms with Gasteiger partial charge in [-0.3, -0.25) is 14.5 Å². The van der Waals surface area contributed by atoms with Crippen LogP contribution in [0.3, 0.4) is 0 Å². The number of piperazine rings is 1. The van der Waals surface area contributed by atoms with Gasteiger partial charge in [0.05, 0.1) is 29.4 Å². The first-order valence-corrected chi connectivity index (χ1v) is 15.9. The largest absolute Gasteiger partial charge is 0.444 e. The monoisotopic (exact) mass is 629 g/mol. The van der Waals surface area contributed by atoms with Crippen LogP contribution in [0.5, 0.6) is 0 Å². The number of carbonyl (C=O) groups is 1. The van der Waals surface area contributed by atoms with Crippen molar-refractivity contribution in [2.24, 2.45) is 0 Å². The molecule has 4 atom stereocenters. The van der Waals surface area contributed by atoms with Gasteiger partial charge in [0, 0.05) is 47.8 Å². The van der Waals surface area contributed by atoms with E-state index in [9.17, 15) is 27.2 Å². The summed E-state index contributed by atoms with van der Waals surface area (Å²) in [6, 6.07) is 2.70. The van der Waals surface area contributed by atoms with Crippen LogP contribution in [-0.2, 0) is 17.5 Å². The molecule has 4 heterocycles. The molecule has 0 bridgehead atoms. The molecule has 1 aromatic carbocycles. The van der Waals surface area contributed by atoms with E-state index in [0.717, 1.165) is 18.3 Å². The summed E-state index contributed by atoms with van der Waals surface area (Å²) in [5, 5.41) is 0.133. The molecule has 0 radical (unpaired) electrons. The van der Waals surface area contributed by atoms with Gasteiger partial charge in [-0.05, 0) is 58.4 Å². The number of alkyl halides is 3. The Hall–Kier alpha value is -3.06. The number of halogens is 5. The van der Waals surface area contributed by atoms with Gasteiger partial charge in [-0.15, -0.1) is 10.1 Å². The molecule has 42 heavy (non-hydrogen) atoms. The van der Waals surface area contributed by atoms with Crippen LogP contribution in [-0.4, -0.2) is 62.1 Å². The highest BCUT2D eigenvalue weighted by Gasteiger charge is 2.39. The van der Waals surface area contributed by atoms with Gasteiger partial charge in [0.25, 0.3) is 0 Å². The predicted molar refractivity (Wildman–Crippen MR) is 155 cm³/mol. The number of thiol groups is 1. The van der Waals surface area contributed by atoms with E-state index in [1.165, 1.54) is 16.8 Å². The summed E-state index contributed by atoms with van der Waals surface area (Å²) >= 11 is 0. The van der Waals surface area contributed by atoms with Crippen molar-refractivity contribution in [1.29, 1.82) is 0 Å². The number of aromatic nitrogens is 3. The summed E-state index contributed by atoms with van der Waals surface area (Å²) in [6.07, 6.45) is -2.70. The third-order valence-electron chi connectivity index (χ3n) is 7.47. The second-order valence-electron chi connectivity index (χ2n) is 11.8. The number of rotatable bonds is 2. The van der Waals surface area contributed by atoms with Gasteiger partial charge >= 0.3 is 18.0 Å². The first-order valence-electron chi connectivity index (χ1n) is 13.5. The Morgan fingerprint density at radius 2 is 1.79 bits per heavy atom. The number of ether oxygens (including phenoxy) is 1. The molecule has 2 aliphatic heterocycles. The maximum Gasteiger partial charge on any atom is 0.416 e. The topological polar surface area (TPSA) is 80.6 Å².